The highest BCUT2D eigenvalue weighted by molar-refractivity contribution is 5.79. The number of benzene rings is 1. The third-order valence-corrected chi connectivity index (χ3v) is 5.39. The molecule has 2 aromatic rings. The fourth-order valence-corrected chi connectivity index (χ4v) is 3.82. The first kappa shape index (κ1) is 18.8. The molecule has 1 aromatic heterocycles. The summed E-state index contributed by atoms with van der Waals surface area (Å²) in [4.78, 5) is 14.4. The summed E-state index contributed by atoms with van der Waals surface area (Å²) in [6, 6.07) is 11.2. The average molecular weight is 357 g/mol. The van der Waals surface area contributed by atoms with Crippen LogP contribution in [0.3, 0.4) is 0 Å². The van der Waals surface area contributed by atoms with Gasteiger partial charge in [-0.2, -0.15) is 0 Å². The van der Waals surface area contributed by atoms with Gasteiger partial charge in [0.1, 0.15) is 0 Å². The van der Waals surface area contributed by atoms with E-state index in [1.54, 1.807) is 0 Å². The van der Waals surface area contributed by atoms with E-state index >= 15 is 0 Å². The van der Waals surface area contributed by atoms with Crippen LogP contribution in [0.5, 0.6) is 0 Å². The van der Waals surface area contributed by atoms with Gasteiger partial charge >= 0.3 is 6.03 Å². The topological polar surface area (TPSA) is 49.3 Å². The minimum atomic E-state index is -0.0472. The molecule has 5 nitrogen and oxygen atoms in total. The number of hydrogen-bond acceptors (Lipinski definition) is 2. The molecule has 1 aliphatic heterocycles. The van der Waals surface area contributed by atoms with E-state index in [-0.39, 0.29) is 6.03 Å². The fourth-order valence-electron chi connectivity index (χ4n) is 3.82. The summed E-state index contributed by atoms with van der Waals surface area (Å²) in [5.74, 6) is 0. The molecule has 2 N–H and O–H groups in total. The molecular weight excluding hydrogens is 324 g/mol. The first-order valence-corrected chi connectivity index (χ1v) is 10.0. The lowest BCUT2D eigenvalue weighted by atomic mass is 10.0. The van der Waals surface area contributed by atoms with Gasteiger partial charge in [-0.25, -0.2) is 4.79 Å². The number of aryl methyl sites for hydroxylation is 1. The summed E-state index contributed by atoms with van der Waals surface area (Å²) in [6.07, 6.45) is 8.05. The van der Waals surface area contributed by atoms with Crippen LogP contribution in [0.1, 0.15) is 39.0 Å². The number of urea groups is 1. The van der Waals surface area contributed by atoms with Gasteiger partial charge in [0.05, 0.1) is 0 Å². The third kappa shape index (κ3) is 5.24. The van der Waals surface area contributed by atoms with Crippen molar-refractivity contribution in [3.8, 4) is 0 Å². The number of amides is 2. The van der Waals surface area contributed by atoms with E-state index in [1.165, 1.54) is 36.7 Å². The molecule has 2 amide bonds. The lowest BCUT2D eigenvalue weighted by Gasteiger charge is -2.33. The molecule has 1 saturated heterocycles. The Morgan fingerprint density at radius 3 is 2.65 bits per heavy atom. The number of carbonyl (C=O) groups is 1. The largest absolute Gasteiger partial charge is 0.347 e. The number of likely N-dealkylation sites (tertiary alicyclic amines) is 1. The van der Waals surface area contributed by atoms with Crippen LogP contribution in [-0.2, 0) is 6.54 Å². The molecule has 1 atom stereocenters. The fraction of sp³-hybridized carbons (Fsp3) is 0.571. The molecule has 26 heavy (non-hydrogen) atoms. The maximum Gasteiger partial charge on any atom is 0.314 e. The highest BCUT2D eigenvalue weighted by Crippen LogP contribution is 2.16. The first-order valence-electron chi connectivity index (χ1n) is 10.0. The molecule has 3 rings (SSSR count). The molecule has 0 bridgehead atoms. The average Bonchev–Trinajstić information content (AvgIpc) is 3.07. The van der Waals surface area contributed by atoms with Crippen molar-refractivity contribution >= 4 is 16.9 Å². The maximum atomic E-state index is 11.9. The summed E-state index contributed by atoms with van der Waals surface area (Å²) in [5, 5.41) is 7.21. The van der Waals surface area contributed by atoms with Crippen molar-refractivity contribution in [2.45, 2.75) is 51.6 Å². The molecule has 142 valence electrons. The second-order valence-corrected chi connectivity index (χ2v) is 7.34. The van der Waals surface area contributed by atoms with Crippen LogP contribution in [0.15, 0.2) is 36.5 Å². The number of rotatable bonds is 8. The highest BCUT2D eigenvalue weighted by Gasteiger charge is 2.17. The molecule has 5 heteroatoms. The van der Waals surface area contributed by atoms with Crippen molar-refractivity contribution in [1.29, 1.82) is 0 Å². The van der Waals surface area contributed by atoms with E-state index in [9.17, 15) is 4.79 Å². The van der Waals surface area contributed by atoms with Crippen molar-refractivity contribution in [3.63, 3.8) is 0 Å². The predicted molar refractivity (Wildman–Crippen MR) is 107 cm³/mol. The van der Waals surface area contributed by atoms with Gasteiger partial charge in [0.25, 0.3) is 0 Å². The molecule has 1 unspecified atom stereocenters. The zero-order chi connectivity index (χ0) is 18.2. The van der Waals surface area contributed by atoms with E-state index in [0.717, 1.165) is 32.5 Å². The molecule has 2 heterocycles. The molecular formula is C21H32N4O. The summed E-state index contributed by atoms with van der Waals surface area (Å²) in [5.41, 5.74) is 1.25. The zero-order valence-electron chi connectivity index (χ0n) is 15.9. The Bertz CT molecular complexity index is 696. The Morgan fingerprint density at radius 2 is 1.85 bits per heavy atom. The van der Waals surface area contributed by atoms with Gasteiger partial charge in [-0.3, -0.25) is 0 Å². The van der Waals surface area contributed by atoms with Gasteiger partial charge in [0.15, 0.2) is 0 Å². The number of piperidine rings is 1. The van der Waals surface area contributed by atoms with Gasteiger partial charge in [-0.1, -0.05) is 24.6 Å². The zero-order valence-corrected chi connectivity index (χ0v) is 15.9. The quantitative estimate of drug-likeness (QED) is 0.710. The third-order valence-electron chi connectivity index (χ3n) is 5.39. The van der Waals surface area contributed by atoms with E-state index < -0.39 is 0 Å². The second kappa shape index (κ2) is 9.62. The van der Waals surface area contributed by atoms with Gasteiger partial charge < -0.3 is 20.1 Å². The van der Waals surface area contributed by atoms with E-state index in [1.807, 2.05) is 0 Å². The highest BCUT2D eigenvalue weighted by atomic mass is 16.2. The Hall–Kier alpha value is -2.01. The molecule has 0 aliphatic carbocycles. The number of aromatic nitrogens is 1. The number of para-hydroxylation sites is 1. The summed E-state index contributed by atoms with van der Waals surface area (Å²) < 4.78 is 2.24. The Labute approximate surface area is 156 Å². The normalized spacial score (nSPS) is 18.1. The van der Waals surface area contributed by atoms with Crippen LogP contribution in [0.25, 0.3) is 10.9 Å². The Balaban J connectivity index is 1.26. The molecule has 0 saturated carbocycles. The van der Waals surface area contributed by atoms with Crippen molar-refractivity contribution < 1.29 is 4.79 Å². The van der Waals surface area contributed by atoms with Gasteiger partial charge in [0.2, 0.25) is 0 Å². The molecule has 1 aliphatic rings. The number of fused-ring (bicyclic) bond motifs is 1. The van der Waals surface area contributed by atoms with Crippen LogP contribution in [0.2, 0.25) is 0 Å². The second-order valence-electron chi connectivity index (χ2n) is 7.34. The number of hydrogen-bond donors (Lipinski definition) is 2. The molecule has 1 aromatic carbocycles. The lowest BCUT2D eigenvalue weighted by Crippen LogP contribution is -2.41. The van der Waals surface area contributed by atoms with Gasteiger partial charge in [0, 0.05) is 43.9 Å². The van der Waals surface area contributed by atoms with E-state index in [0.29, 0.717) is 12.6 Å². The summed E-state index contributed by atoms with van der Waals surface area (Å²) in [7, 11) is 0. The molecule has 1 fully saturated rings. The van der Waals surface area contributed by atoms with E-state index in [2.05, 4.69) is 63.6 Å². The number of carbonyl (C=O) groups excluding carboxylic acids is 1. The van der Waals surface area contributed by atoms with Crippen LogP contribution in [-0.4, -0.2) is 47.7 Å². The Kier molecular flexibility index (Phi) is 6.95. The number of nitrogens with zero attached hydrogens (tertiary/aromatic N) is 2. The first-order chi connectivity index (χ1) is 12.7. The smallest absolute Gasteiger partial charge is 0.314 e. The van der Waals surface area contributed by atoms with Crippen LogP contribution in [0.4, 0.5) is 4.79 Å². The van der Waals surface area contributed by atoms with Crippen molar-refractivity contribution in [2.24, 2.45) is 0 Å². The monoisotopic (exact) mass is 356 g/mol. The van der Waals surface area contributed by atoms with Crippen LogP contribution >= 0.6 is 0 Å². The summed E-state index contributed by atoms with van der Waals surface area (Å²) in [6.45, 7) is 6.97. The summed E-state index contributed by atoms with van der Waals surface area (Å²) >= 11 is 0. The van der Waals surface area contributed by atoms with Crippen LogP contribution < -0.4 is 10.6 Å². The van der Waals surface area contributed by atoms with E-state index in [4.69, 9.17) is 0 Å². The van der Waals surface area contributed by atoms with Crippen molar-refractivity contribution in [2.75, 3.05) is 26.2 Å². The van der Waals surface area contributed by atoms with Gasteiger partial charge in [-0.05, 0) is 56.7 Å². The Morgan fingerprint density at radius 1 is 1.08 bits per heavy atom. The minimum Gasteiger partial charge on any atom is -0.347 e. The standard InChI is InChI=1S/C21H32N4O/c1-18-8-4-5-14-24(18)15-6-12-22-21(26)23-13-7-16-25-17-11-19-9-2-3-10-20(19)25/h2-3,9-11,17-18H,4-8,12-16H2,1H3,(H2,22,23,26). The predicted octanol–water partition coefficient (Wildman–Crippen LogP) is 3.60. The molecule has 0 radical (unpaired) electrons. The van der Waals surface area contributed by atoms with Crippen LogP contribution in [0, 0.1) is 0 Å². The van der Waals surface area contributed by atoms with Crippen molar-refractivity contribution in [3.05, 3.63) is 36.5 Å². The van der Waals surface area contributed by atoms with Crippen molar-refractivity contribution in [1.82, 2.24) is 20.1 Å². The van der Waals surface area contributed by atoms with Gasteiger partial charge in [-0.15, -0.1) is 0 Å². The maximum absolute atomic E-state index is 11.9. The SMILES string of the molecule is CC1CCCCN1CCCNC(=O)NCCCn1ccc2ccccc21. The number of nitrogens with one attached hydrogen (secondary N) is 2. The minimum absolute atomic E-state index is 0.0472. The molecule has 0 spiro atoms. The lowest BCUT2D eigenvalue weighted by molar-refractivity contribution is 0.159.